The molecular formula is C26H20N4O5. The van der Waals surface area contributed by atoms with Crippen LogP contribution in [0.5, 0.6) is 5.75 Å². The number of rotatable bonds is 6. The number of hydrogen-bond acceptors (Lipinski definition) is 6. The maximum Gasteiger partial charge on any atom is 0.291 e. The van der Waals surface area contributed by atoms with Crippen molar-refractivity contribution in [3.8, 4) is 28.5 Å². The number of ether oxygens (including phenoxy) is 1. The Morgan fingerprint density at radius 3 is 2.69 bits per heavy atom. The summed E-state index contributed by atoms with van der Waals surface area (Å²) < 4.78 is 11.1. The Balaban J connectivity index is 1.44. The van der Waals surface area contributed by atoms with Crippen LogP contribution in [0.1, 0.15) is 16.1 Å². The zero-order valence-electron chi connectivity index (χ0n) is 18.9. The Morgan fingerprint density at radius 1 is 1.09 bits per heavy atom. The number of furan rings is 1. The van der Waals surface area contributed by atoms with Gasteiger partial charge < -0.3 is 19.5 Å². The number of hydrogen-bond donors (Lipinski definition) is 2. The molecule has 174 valence electrons. The van der Waals surface area contributed by atoms with Crippen molar-refractivity contribution in [3.05, 3.63) is 94.2 Å². The number of methoxy groups -OCH3 is 1. The van der Waals surface area contributed by atoms with Gasteiger partial charge in [-0.15, -0.1) is 0 Å². The maximum atomic E-state index is 13.0. The lowest BCUT2D eigenvalue weighted by atomic mass is 10.1. The van der Waals surface area contributed by atoms with Crippen LogP contribution >= 0.6 is 0 Å². The molecule has 3 aromatic carbocycles. The zero-order chi connectivity index (χ0) is 24.5. The number of anilines is 1. The van der Waals surface area contributed by atoms with Gasteiger partial charge in [-0.25, -0.2) is 4.98 Å². The summed E-state index contributed by atoms with van der Waals surface area (Å²) in [5.74, 6) is 0.817. The number of carbonyl (C=O) groups excluding carboxylic acids is 1. The van der Waals surface area contributed by atoms with E-state index in [-0.39, 0.29) is 17.2 Å². The number of amides is 1. The normalized spacial score (nSPS) is 10.9. The molecule has 2 N–H and O–H groups in total. The second-order valence-electron chi connectivity index (χ2n) is 7.91. The number of benzene rings is 3. The third-order valence-corrected chi connectivity index (χ3v) is 5.56. The summed E-state index contributed by atoms with van der Waals surface area (Å²) in [5, 5.41) is 14.3. The topological polar surface area (TPSA) is 123 Å². The van der Waals surface area contributed by atoms with Crippen molar-refractivity contribution in [2.75, 3.05) is 12.4 Å². The number of nitrogens with one attached hydrogen (secondary N) is 2. The number of H-pyrrole nitrogens is 1. The molecule has 0 saturated heterocycles. The number of para-hydroxylation sites is 2. The quantitative estimate of drug-likeness (QED) is 0.234. The fourth-order valence-electron chi connectivity index (χ4n) is 3.83. The number of fused-ring (bicyclic) bond motifs is 1. The van der Waals surface area contributed by atoms with E-state index < -0.39 is 10.8 Å². The van der Waals surface area contributed by atoms with Gasteiger partial charge in [-0.3, -0.25) is 14.9 Å². The van der Waals surface area contributed by atoms with Crippen LogP contribution in [0.15, 0.2) is 77.2 Å². The number of imidazole rings is 1. The molecule has 9 heteroatoms. The van der Waals surface area contributed by atoms with E-state index in [2.05, 4.69) is 15.3 Å². The van der Waals surface area contributed by atoms with Crippen molar-refractivity contribution in [1.82, 2.24) is 9.97 Å². The molecule has 5 rings (SSSR count). The predicted molar refractivity (Wildman–Crippen MR) is 132 cm³/mol. The van der Waals surface area contributed by atoms with Crippen molar-refractivity contribution in [3.63, 3.8) is 0 Å². The molecule has 0 unspecified atom stereocenters. The predicted octanol–water partition coefficient (Wildman–Crippen LogP) is 5.97. The molecule has 0 aliphatic heterocycles. The third kappa shape index (κ3) is 4.22. The monoisotopic (exact) mass is 468 g/mol. The number of nitro groups is 1. The zero-order valence-corrected chi connectivity index (χ0v) is 18.9. The molecule has 0 radical (unpaired) electrons. The first-order valence-corrected chi connectivity index (χ1v) is 10.7. The van der Waals surface area contributed by atoms with E-state index in [1.165, 1.54) is 25.3 Å². The molecule has 0 aliphatic rings. The van der Waals surface area contributed by atoms with Crippen LogP contribution in [0, 0.1) is 17.0 Å². The molecule has 0 aliphatic carbocycles. The summed E-state index contributed by atoms with van der Waals surface area (Å²) in [6.07, 6.45) is 0. The summed E-state index contributed by atoms with van der Waals surface area (Å²) in [6, 6.07) is 20.8. The Labute approximate surface area is 199 Å². The van der Waals surface area contributed by atoms with Gasteiger partial charge in [-0.05, 0) is 61.0 Å². The number of aromatic nitrogens is 2. The van der Waals surface area contributed by atoms with Gasteiger partial charge in [0.25, 0.3) is 11.6 Å². The number of nitrogens with zero attached hydrogens (tertiary/aromatic N) is 2. The minimum Gasteiger partial charge on any atom is -0.495 e. The number of nitro benzene ring substituents is 1. The second kappa shape index (κ2) is 8.79. The van der Waals surface area contributed by atoms with Crippen LogP contribution in [-0.2, 0) is 0 Å². The highest BCUT2D eigenvalue weighted by atomic mass is 16.6. The van der Waals surface area contributed by atoms with Crippen molar-refractivity contribution in [2.45, 2.75) is 6.92 Å². The van der Waals surface area contributed by atoms with E-state index in [4.69, 9.17) is 9.15 Å². The van der Waals surface area contributed by atoms with Gasteiger partial charge in [0.1, 0.15) is 17.3 Å². The summed E-state index contributed by atoms with van der Waals surface area (Å²) in [4.78, 5) is 31.8. The van der Waals surface area contributed by atoms with E-state index in [9.17, 15) is 14.9 Å². The second-order valence-corrected chi connectivity index (χ2v) is 7.91. The first kappa shape index (κ1) is 21.9. The van der Waals surface area contributed by atoms with Crippen LogP contribution in [0.2, 0.25) is 0 Å². The van der Waals surface area contributed by atoms with Gasteiger partial charge in [0, 0.05) is 11.6 Å². The van der Waals surface area contributed by atoms with Gasteiger partial charge in [-0.1, -0.05) is 18.2 Å². The fraction of sp³-hybridized carbons (Fsp3) is 0.0769. The number of aryl methyl sites for hydroxylation is 1. The van der Waals surface area contributed by atoms with E-state index in [0.717, 1.165) is 22.2 Å². The van der Waals surface area contributed by atoms with Crippen LogP contribution in [0.4, 0.5) is 11.4 Å². The average molecular weight is 468 g/mol. The maximum absolute atomic E-state index is 13.0. The molecule has 0 saturated carbocycles. The Morgan fingerprint density at radius 2 is 1.91 bits per heavy atom. The van der Waals surface area contributed by atoms with Gasteiger partial charge in [-0.2, -0.15) is 0 Å². The first-order valence-electron chi connectivity index (χ1n) is 10.7. The van der Waals surface area contributed by atoms with Crippen molar-refractivity contribution in [2.24, 2.45) is 0 Å². The molecule has 0 fully saturated rings. The first-order chi connectivity index (χ1) is 16.9. The molecule has 2 heterocycles. The van der Waals surface area contributed by atoms with E-state index in [1.807, 2.05) is 30.3 Å². The van der Waals surface area contributed by atoms with Crippen LogP contribution in [0.25, 0.3) is 33.7 Å². The highest BCUT2D eigenvalue weighted by Gasteiger charge is 2.21. The molecule has 35 heavy (non-hydrogen) atoms. The van der Waals surface area contributed by atoms with E-state index in [0.29, 0.717) is 22.8 Å². The average Bonchev–Trinajstić information content (AvgIpc) is 3.51. The summed E-state index contributed by atoms with van der Waals surface area (Å²) in [6.45, 7) is 1.77. The molecule has 0 bridgehead atoms. The van der Waals surface area contributed by atoms with Crippen LogP contribution in [0.3, 0.4) is 0 Å². The van der Waals surface area contributed by atoms with Crippen molar-refractivity contribution in [1.29, 1.82) is 0 Å². The molecule has 1 amide bonds. The van der Waals surface area contributed by atoms with Crippen LogP contribution < -0.4 is 10.1 Å². The van der Waals surface area contributed by atoms with Gasteiger partial charge in [0.15, 0.2) is 5.76 Å². The third-order valence-electron chi connectivity index (χ3n) is 5.56. The SMILES string of the molecule is COc1ccc(-c2nc3ccccc3[nH]2)cc1NC(=O)c1ccc(-c2ccc(C)cc2[N+](=O)[O-])o1. The lowest BCUT2D eigenvalue weighted by Gasteiger charge is -2.11. The molecule has 0 atom stereocenters. The van der Waals surface area contributed by atoms with Crippen molar-refractivity contribution >= 4 is 28.3 Å². The van der Waals surface area contributed by atoms with Crippen molar-refractivity contribution < 1.29 is 18.9 Å². The summed E-state index contributed by atoms with van der Waals surface area (Å²) >= 11 is 0. The lowest BCUT2D eigenvalue weighted by Crippen LogP contribution is -2.12. The van der Waals surface area contributed by atoms with Crippen LogP contribution in [-0.4, -0.2) is 27.9 Å². The summed E-state index contributed by atoms with van der Waals surface area (Å²) in [5.41, 5.74) is 3.87. The molecule has 0 spiro atoms. The lowest BCUT2D eigenvalue weighted by molar-refractivity contribution is -0.384. The standard InChI is InChI=1S/C26H20N4O5/c1-15-7-9-17(21(13-15)30(32)33)22-11-12-24(35-22)26(31)29-20-14-16(8-10-23(20)34-2)25-27-18-5-3-4-6-19(18)28-25/h3-14H,1-2H3,(H,27,28)(H,29,31). The fourth-order valence-corrected chi connectivity index (χ4v) is 3.83. The van der Waals surface area contributed by atoms with Gasteiger partial charge in [0.2, 0.25) is 0 Å². The largest absolute Gasteiger partial charge is 0.495 e. The van der Waals surface area contributed by atoms with Gasteiger partial charge >= 0.3 is 0 Å². The summed E-state index contributed by atoms with van der Waals surface area (Å²) in [7, 11) is 1.51. The Bertz CT molecular complexity index is 1550. The number of carbonyl (C=O) groups is 1. The highest BCUT2D eigenvalue weighted by Crippen LogP contribution is 2.34. The smallest absolute Gasteiger partial charge is 0.291 e. The Kier molecular flexibility index (Phi) is 5.50. The molecular weight excluding hydrogens is 448 g/mol. The van der Waals surface area contributed by atoms with E-state index >= 15 is 0 Å². The molecule has 2 aromatic heterocycles. The minimum atomic E-state index is -0.522. The Hall–Kier alpha value is -4.92. The number of aromatic amines is 1. The molecule has 9 nitrogen and oxygen atoms in total. The highest BCUT2D eigenvalue weighted by molar-refractivity contribution is 6.04. The molecule has 5 aromatic rings. The van der Waals surface area contributed by atoms with Gasteiger partial charge in [0.05, 0.1) is 34.3 Å². The van der Waals surface area contributed by atoms with E-state index in [1.54, 1.807) is 31.2 Å². The minimum absolute atomic E-state index is 0.00562.